The quantitative estimate of drug-likeness (QED) is 0.870. The molecule has 1 aromatic heterocycles. The van der Waals surface area contributed by atoms with Crippen LogP contribution in [0.5, 0.6) is 0 Å². The summed E-state index contributed by atoms with van der Waals surface area (Å²) in [5, 5.41) is 11.1. The van der Waals surface area contributed by atoms with Gasteiger partial charge in [-0.15, -0.1) is 5.10 Å². The molecule has 1 heterocycles. The number of nitrogens with zero attached hydrogens (tertiary/aromatic N) is 2. The van der Waals surface area contributed by atoms with Crippen LogP contribution in [0.2, 0.25) is 0 Å². The lowest BCUT2D eigenvalue weighted by Gasteiger charge is -2.08. The monoisotopic (exact) mass is 262 g/mol. The molecule has 96 valence electrons. The maximum absolute atomic E-state index is 4.27. The fraction of sp³-hybridized carbons (Fsp3) is 0.385. The second-order valence-electron chi connectivity index (χ2n) is 4.49. The molecule has 1 aromatic carbocycles. The van der Waals surface area contributed by atoms with Crippen LogP contribution in [0, 0.1) is 6.92 Å². The molecule has 18 heavy (non-hydrogen) atoms. The van der Waals surface area contributed by atoms with Gasteiger partial charge < -0.3 is 5.32 Å². The van der Waals surface area contributed by atoms with Crippen LogP contribution >= 0.6 is 11.8 Å². The van der Waals surface area contributed by atoms with E-state index in [2.05, 4.69) is 58.6 Å². The SMILES string of the molecule is Cc1nc(Sc2ccc(CNC(C)C)cc2)n[nH]1. The standard InChI is InChI=1S/C13H18N4S/c1-9(2)14-8-11-4-6-12(7-5-11)18-13-15-10(3)16-17-13/h4-7,9,14H,8H2,1-3H3,(H,15,16,17). The van der Waals surface area contributed by atoms with Gasteiger partial charge in [0.2, 0.25) is 5.16 Å². The number of benzene rings is 1. The van der Waals surface area contributed by atoms with E-state index >= 15 is 0 Å². The molecule has 0 spiro atoms. The largest absolute Gasteiger partial charge is 0.310 e. The van der Waals surface area contributed by atoms with Crippen molar-refractivity contribution in [1.29, 1.82) is 0 Å². The van der Waals surface area contributed by atoms with Crippen LogP contribution < -0.4 is 5.32 Å². The molecular formula is C13H18N4S. The number of rotatable bonds is 5. The molecule has 0 aliphatic heterocycles. The van der Waals surface area contributed by atoms with Crippen molar-refractivity contribution < 1.29 is 0 Å². The van der Waals surface area contributed by atoms with E-state index in [-0.39, 0.29) is 0 Å². The highest BCUT2D eigenvalue weighted by Crippen LogP contribution is 2.24. The molecule has 2 rings (SSSR count). The summed E-state index contributed by atoms with van der Waals surface area (Å²) >= 11 is 1.57. The van der Waals surface area contributed by atoms with Gasteiger partial charge >= 0.3 is 0 Å². The summed E-state index contributed by atoms with van der Waals surface area (Å²) in [7, 11) is 0. The lowest BCUT2D eigenvalue weighted by molar-refractivity contribution is 0.588. The van der Waals surface area contributed by atoms with Gasteiger partial charge in [-0.2, -0.15) is 0 Å². The molecule has 0 atom stereocenters. The maximum Gasteiger partial charge on any atom is 0.213 e. The lowest BCUT2D eigenvalue weighted by Crippen LogP contribution is -2.21. The molecule has 0 aliphatic rings. The summed E-state index contributed by atoms with van der Waals surface area (Å²) in [4.78, 5) is 5.43. The molecule has 0 fully saturated rings. The van der Waals surface area contributed by atoms with Crippen LogP contribution in [0.1, 0.15) is 25.2 Å². The van der Waals surface area contributed by atoms with Gasteiger partial charge in [-0.1, -0.05) is 26.0 Å². The summed E-state index contributed by atoms with van der Waals surface area (Å²) in [5.74, 6) is 0.843. The second kappa shape index (κ2) is 6.02. The van der Waals surface area contributed by atoms with Crippen molar-refractivity contribution in [2.75, 3.05) is 0 Å². The van der Waals surface area contributed by atoms with Crippen molar-refractivity contribution in [3.63, 3.8) is 0 Å². The van der Waals surface area contributed by atoms with Crippen molar-refractivity contribution in [1.82, 2.24) is 20.5 Å². The summed E-state index contributed by atoms with van der Waals surface area (Å²) in [5.41, 5.74) is 1.29. The fourth-order valence-corrected chi connectivity index (χ4v) is 2.23. The average molecular weight is 262 g/mol. The zero-order valence-corrected chi connectivity index (χ0v) is 11.7. The van der Waals surface area contributed by atoms with Crippen molar-refractivity contribution in [3.8, 4) is 0 Å². The van der Waals surface area contributed by atoms with E-state index in [4.69, 9.17) is 0 Å². The average Bonchev–Trinajstić information content (AvgIpc) is 2.74. The van der Waals surface area contributed by atoms with Crippen molar-refractivity contribution in [2.24, 2.45) is 0 Å². The second-order valence-corrected chi connectivity index (χ2v) is 5.53. The molecule has 5 heteroatoms. The minimum absolute atomic E-state index is 0.510. The highest BCUT2D eigenvalue weighted by molar-refractivity contribution is 7.99. The minimum Gasteiger partial charge on any atom is -0.310 e. The first-order valence-electron chi connectivity index (χ1n) is 6.02. The number of H-pyrrole nitrogens is 1. The number of nitrogens with one attached hydrogen (secondary N) is 2. The Morgan fingerprint density at radius 2 is 2.00 bits per heavy atom. The molecular weight excluding hydrogens is 244 g/mol. The summed E-state index contributed by atoms with van der Waals surface area (Å²) in [6, 6.07) is 8.99. The maximum atomic E-state index is 4.27. The molecule has 0 saturated carbocycles. The van der Waals surface area contributed by atoms with E-state index in [1.165, 1.54) is 5.56 Å². The summed E-state index contributed by atoms with van der Waals surface area (Å²) in [6.07, 6.45) is 0. The Morgan fingerprint density at radius 1 is 1.28 bits per heavy atom. The summed E-state index contributed by atoms with van der Waals surface area (Å²) < 4.78 is 0. The molecule has 0 amide bonds. The van der Waals surface area contributed by atoms with E-state index in [9.17, 15) is 0 Å². The van der Waals surface area contributed by atoms with Gasteiger partial charge in [0.15, 0.2) is 0 Å². The lowest BCUT2D eigenvalue weighted by atomic mass is 10.2. The Labute approximate surface area is 112 Å². The first-order valence-corrected chi connectivity index (χ1v) is 6.84. The van der Waals surface area contributed by atoms with Gasteiger partial charge in [0.25, 0.3) is 0 Å². The van der Waals surface area contributed by atoms with Crippen LogP contribution in [-0.2, 0) is 6.54 Å². The van der Waals surface area contributed by atoms with Crippen LogP contribution in [0.25, 0.3) is 0 Å². The molecule has 2 N–H and O–H groups in total. The third-order valence-electron chi connectivity index (χ3n) is 2.42. The summed E-state index contributed by atoms with van der Waals surface area (Å²) in [6.45, 7) is 7.10. The van der Waals surface area contributed by atoms with E-state index in [0.29, 0.717) is 6.04 Å². The Balaban J connectivity index is 1.95. The zero-order chi connectivity index (χ0) is 13.0. The third-order valence-corrected chi connectivity index (χ3v) is 3.30. The van der Waals surface area contributed by atoms with Crippen LogP contribution in [0.4, 0.5) is 0 Å². The Hall–Kier alpha value is -1.33. The van der Waals surface area contributed by atoms with Gasteiger partial charge in [0.1, 0.15) is 5.82 Å². The third kappa shape index (κ3) is 3.85. The Morgan fingerprint density at radius 3 is 2.56 bits per heavy atom. The van der Waals surface area contributed by atoms with E-state index < -0.39 is 0 Å². The van der Waals surface area contributed by atoms with Gasteiger partial charge in [-0.05, 0) is 36.4 Å². The van der Waals surface area contributed by atoms with Crippen LogP contribution in [0.15, 0.2) is 34.3 Å². The number of aromatic nitrogens is 3. The van der Waals surface area contributed by atoms with Crippen molar-refractivity contribution in [2.45, 2.75) is 43.4 Å². The van der Waals surface area contributed by atoms with Gasteiger partial charge in [-0.25, -0.2) is 4.98 Å². The fourth-order valence-electron chi connectivity index (χ4n) is 1.47. The number of aromatic amines is 1. The van der Waals surface area contributed by atoms with E-state index in [0.717, 1.165) is 22.4 Å². The zero-order valence-electron chi connectivity index (χ0n) is 10.9. The Kier molecular flexibility index (Phi) is 4.38. The highest BCUT2D eigenvalue weighted by atomic mass is 32.2. The molecule has 0 saturated heterocycles. The predicted octanol–water partition coefficient (Wildman–Crippen LogP) is 2.76. The van der Waals surface area contributed by atoms with Gasteiger partial charge in [-0.3, -0.25) is 5.10 Å². The molecule has 0 radical (unpaired) electrons. The topological polar surface area (TPSA) is 53.6 Å². The van der Waals surface area contributed by atoms with Crippen molar-refractivity contribution in [3.05, 3.63) is 35.7 Å². The van der Waals surface area contributed by atoms with E-state index in [1.807, 2.05) is 6.92 Å². The number of aryl methyl sites for hydroxylation is 1. The molecule has 0 bridgehead atoms. The number of hydrogen-bond donors (Lipinski definition) is 2. The first-order chi connectivity index (χ1) is 8.63. The molecule has 2 aromatic rings. The highest BCUT2D eigenvalue weighted by Gasteiger charge is 2.03. The molecule has 0 aliphatic carbocycles. The number of hydrogen-bond acceptors (Lipinski definition) is 4. The molecule has 0 unspecified atom stereocenters. The normalized spacial score (nSPS) is 11.1. The Bertz CT molecular complexity index is 490. The predicted molar refractivity (Wildman–Crippen MR) is 73.7 cm³/mol. The van der Waals surface area contributed by atoms with Gasteiger partial charge in [0.05, 0.1) is 0 Å². The smallest absolute Gasteiger partial charge is 0.213 e. The molecule has 4 nitrogen and oxygen atoms in total. The van der Waals surface area contributed by atoms with Crippen LogP contribution in [-0.4, -0.2) is 21.2 Å². The van der Waals surface area contributed by atoms with Gasteiger partial charge in [0, 0.05) is 17.5 Å². The van der Waals surface area contributed by atoms with Crippen molar-refractivity contribution >= 4 is 11.8 Å². The van der Waals surface area contributed by atoms with E-state index in [1.54, 1.807) is 11.8 Å². The first kappa shape index (κ1) is 13.1. The van der Waals surface area contributed by atoms with Crippen LogP contribution in [0.3, 0.4) is 0 Å². The minimum atomic E-state index is 0.510.